The van der Waals surface area contributed by atoms with Crippen molar-refractivity contribution in [1.29, 1.82) is 0 Å². The molecule has 6 heteroatoms. The molecule has 21 heavy (non-hydrogen) atoms. The second kappa shape index (κ2) is 5.62. The smallest absolute Gasteiger partial charge is 0.167 e. The highest BCUT2D eigenvalue weighted by Crippen LogP contribution is 2.24. The predicted molar refractivity (Wildman–Crippen MR) is 74.9 cm³/mol. The second-order valence-electron chi connectivity index (χ2n) is 4.22. The zero-order chi connectivity index (χ0) is 14.7. The van der Waals surface area contributed by atoms with Gasteiger partial charge in [-0.15, -0.1) is 0 Å². The Hall–Kier alpha value is -2.89. The van der Waals surface area contributed by atoms with E-state index in [0.717, 1.165) is 5.69 Å². The van der Waals surface area contributed by atoms with E-state index in [4.69, 9.17) is 0 Å². The van der Waals surface area contributed by atoms with Gasteiger partial charge in [-0.1, -0.05) is 6.07 Å². The second-order valence-corrected chi connectivity index (χ2v) is 4.22. The van der Waals surface area contributed by atoms with Crippen LogP contribution in [0.2, 0.25) is 0 Å². The normalized spacial score (nSPS) is 10.4. The van der Waals surface area contributed by atoms with Gasteiger partial charge in [0.15, 0.2) is 5.82 Å². The highest BCUT2D eigenvalue weighted by Gasteiger charge is 2.14. The van der Waals surface area contributed by atoms with Gasteiger partial charge in [0.25, 0.3) is 0 Å². The maximum Gasteiger partial charge on any atom is 0.167 e. The number of nitrogens with zero attached hydrogens (tertiary/aromatic N) is 3. The number of pyridine rings is 1. The van der Waals surface area contributed by atoms with Crippen molar-refractivity contribution in [2.75, 3.05) is 5.32 Å². The van der Waals surface area contributed by atoms with Crippen molar-refractivity contribution in [3.05, 3.63) is 66.6 Å². The summed E-state index contributed by atoms with van der Waals surface area (Å²) in [7, 11) is 0. The molecule has 0 aliphatic carbocycles. The van der Waals surface area contributed by atoms with Crippen molar-refractivity contribution >= 4 is 11.5 Å². The lowest BCUT2D eigenvalue weighted by Gasteiger charge is -2.07. The summed E-state index contributed by atoms with van der Waals surface area (Å²) < 4.78 is 27.5. The number of benzene rings is 1. The lowest BCUT2D eigenvalue weighted by Crippen LogP contribution is -1.99. The first-order chi connectivity index (χ1) is 10.2. The summed E-state index contributed by atoms with van der Waals surface area (Å²) in [5.41, 5.74) is 0.527. The third-order valence-electron chi connectivity index (χ3n) is 2.79. The van der Waals surface area contributed by atoms with Gasteiger partial charge in [0, 0.05) is 24.3 Å². The maximum absolute atomic E-state index is 13.7. The number of rotatable bonds is 3. The first-order valence-electron chi connectivity index (χ1n) is 6.18. The maximum atomic E-state index is 13.7. The molecule has 2 heterocycles. The summed E-state index contributed by atoms with van der Waals surface area (Å²) >= 11 is 0. The molecule has 1 N–H and O–H groups in total. The zero-order valence-electron chi connectivity index (χ0n) is 10.8. The van der Waals surface area contributed by atoms with Crippen LogP contribution in [-0.4, -0.2) is 15.0 Å². The van der Waals surface area contributed by atoms with Crippen LogP contribution in [0.3, 0.4) is 0 Å². The molecule has 0 aliphatic rings. The van der Waals surface area contributed by atoms with E-state index in [1.165, 1.54) is 24.4 Å². The molecular weight excluding hydrogens is 274 g/mol. The molecule has 0 unspecified atom stereocenters. The molecule has 4 nitrogen and oxygen atoms in total. The van der Waals surface area contributed by atoms with Crippen LogP contribution in [0, 0.1) is 11.6 Å². The number of halogens is 2. The Morgan fingerprint density at radius 2 is 1.57 bits per heavy atom. The third-order valence-corrected chi connectivity index (χ3v) is 2.79. The van der Waals surface area contributed by atoms with Crippen molar-refractivity contribution < 1.29 is 8.78 Å². The van der Waals surface area contributed by atoms with Crippen LogP contribution >= 0.6 is 0 Å². The molecule has 0 spiro atoms. The topological polar surface area (TPSA) is 50.7 Å². The largest absolute Gasteiger partial charge is 0.340 e. The molecule has 1 aromatic carbocycles. The molecule has 104 valence electrons. The van der Waals surface area contributed by atoms with Crippen LogP contribution in [0.5, 0.6) is 0 Å². The molecule has 0 radical (unpaired) electrons. The van der Waals surface area contributed by atoms with Gasteiger partial charge in [0.1, 0.15) is 17.5 Å². The van der Waals surface area contributed by atoms with Gasteiger partial charge < -0.3 is 5.32 Å². The average Bonchev–Trinajstić information content (AvgIpc) is 2.48. The van der Waals surface area contributed by atoms with E-state index in [1.54, 1.807) is 30.6 Å². The summed E-state index contributed by atoms with van der Waals surface area (Å²) in [6.07, 6.45) is 4.69. The predicted octanol–water partition coefficient (Wildman–Crippen LogP) is 3.56. The lowest BCUT2D eigenvalue weighted by atomic mass is 10.2. The van der Waals surface area contributed by atoms with Crippen LogP contribution in [0.25, 0.3) is 11.4 Å². The van der Waals surface area contributed by atoms with Gasteiger partial charge in [-0.05, 0) is 30.3 Å². The van der Waals surface area contributed by atoms with Gasteiger partial charge in [0.2, 0.25) is 0 Å². The van der Waals surface area contributed by atoms with Crippen LogP contribution in [0.15, 0.2) is 55.0 Å². The van der Waals surface area contributed by atoms with E-state index >= 15 is 0 Å². The SMILES string of the molecule is Fc1cccc(F)c1-c1nccc(Nc2ccncc2)n1. The summed E-state index contributed by atoms with van der Waals surface area (Å²) in [5, 5.41) is 3.02. The van der Waals surface area contributed by atoms with E-state index in [1.807, 2.05) is 0 Å². The van der Waals surface area contributed by atoms with Gasteiger partial charge in [-0.2, -0.15) is 0 Å². The van der Waals surface area contributed by atoms with Crippen molar-refractivity contribution in [3.63, 3.8) is 0 Å². The monoisotopic (exact) mass is 284 g/mol. The Morgan fingerprint density at radius 1 is 0.857 bits per heavy atom. The Balaban J connectivity index is 1.97. The molecular formula is C15H10F2N4. The van der Waals surface area contributed by atoms with E-state index in [9.17, 15) is 8.78 Å². The van der Waals surface area contributed by atoms with E-state index in [2.05, 4.69) is 20.3 Å². The molecule has 0 saturated heterocycles. The average molecular weight is 284 g/mol. The molecule has 3 rings (SSSR count). The number of aromatic nitrogens is 3. The highest BCUT2D eigenvalue weighted by atomic mass is 19.1. The minimum Gasteiger partial charge on any atom is -0.340 e. The lowest BCUT2D eigenvalue weighted by molar-refractivity contribution is 0.587. The molecule has 0 fully saturated rings. The van der Waals surface area contributed by atoms with Gasteiger partial charge in [-0.3, -0.25) is 4.98 Å². The van der Waals surface area contributed by atoms with Crippen LogP contribution in [-0.2, 0) is 0 Å². The standard InChI is InChI=1S/C15H10F2N4/c16-11-2-1-3-12(17)14(11)15-19-9-6-13(21-15)20-10-4-7-18-8-5-10/h1-9H,(H,18,19,20,21). The Labute approximate surface area is 119 Å². The molecule has 0 aliphatic heterocycles. The number of nitrogens with one attached hydrogen (secondary N) is 1. The molecule has 3 aromatic rings. The minimum absolute atomic E-state index is 0.00958. The fourth-order valence-corrected chi connectivity index (χ4v) is 1.84. The zero-order valence-corrected chi connectivity index (χ0v) is 10.8. The minimum atomic E-state index is -0.698. The summed E-state index contributed by atoms with van der Waals surface area (Å²) in [5.74, 6) is -0.967. The van der Waals surface area contributed by atoms with Gasteiger partial charge >= 0.3 is 0 Å². The van der Waals surface area contributed by atoms with Gasteiger partial charge in [0.05, 0.1) is 5.56 Å². The fourth-order valence-electron chi connectivity index (χ4n) is 1.84. The quantitative estimate of drug-likeness (QED) is 0.799. The summed E-state index contributed by atoms with van der Waals surface area (Å²) in [4.78, 5) is 12.0. The Morgan fingerprint density at radius 3 is 2.29 bits per heavy atom. The number of anilines is 2. The Kier molecular flexibility index (Phi) is 3.51. The van der Waals surface area contributed by atoms with Crippen molar-refractivity contribution in [2.24, 2.45) is 0 Å². The van der Waals surface area contributed by atoms with Crippen LogP contribution in [0.1, 0.15) is 0 Å². The van der Waals surface area contributed by atoms with Crippen LogP contribution < -0.4 is 5.32 Å². The van der Waals surface area contributed by atoms with Crippen molar-refractivity contribution in [3.8, 4) is 11.4 Å². The van der Waals surface area contributed by atoms with E-state index < -0.39 is 11.6 Å². The third kappa shape index (κ3) is 2.84. The van der Waals surface area contributed by atoms with Crippen molar-refractivity contribution in [1.82, 2.24) is 15.0 Å². The summed E-state index contributed by atoms with van der Waals surface area (Å²) in [6.45, 7) is 0. The first-order valence-corrected chi connectivity index (χ1v) is 6.18. The first kappa shape index (κ1) is 13.1. The molecule has 0 amide bonds. The Bertz CT molecular complexity index is 742. The van der Waals surface area contributed by atoms with E-state index in [-0.39, 0.29) is 11.4 Å². The highest BCUT2D eigenvalue weighted by molar-refractivity contribution is 5.61. The van der Waals surface area contributed by atoms with Gasteiger partial charge in [-0.25, -0.2) is 18.7 Å². The summed E-state index contributed by atoms with van der Waals surface area (Å²) in [6, 6.07) is 8.77. The fraction of sp³-hybridized carbons (Fsp3) is 0. The number of hydrogen-bond acceptors (Lipinski definition) is 4. The molecule has 0 bridgehead atoms. The molecule has 0 saturated carbocycles. The van der Waals surface area contributed by atoms with Crippen molar-refractivity contribution in [2.45, 2.75) is 0 Å². The molecule has 0 atom stereocenters. The van der Waals surface area contributed by atoms with Crippen LogP contribution in [0.4, 0.5) is 20.3 Å². The number of hydrogen-bond donors (Lipinski definition) is 1. The van der Waals surface area contributed by atoms with E-state index in [0.29, 0.717) is 5.82 Å². The molecule has 2 aromatic heterocycles.